The number of nitrogens with zero attached hydrogens (tertiary/aromatic N) is 1. The second-order valence-corrected chi connectivity index (χ2v) is 6.78. The Labute approximate surface area is 147 Å². The van der Waals surface area contributed by atoms with Crippen LogP contribution < -0.4 is 10.6 Å². The van der Waals surface area contributed by atoms with E-state index >= 15 is 0 Å². The molecule has 7 heteroatoms. The van der Waals surface area contributed by atoms with E-state index in [-0.39, 0.29) is 42.9 Å². The van der Waals surface area contributed by atoms with E-state index in [1.54, 1.807) is 12.4 Å². The Kier molecular flexibility index (Phi) is 5.99. The van der Waals surface area contributed by atoms with E-state index in [2.05, 4.69) is 15.6 Å². The van der Waals surface area contributed by atoms with Crippen molar-refractivity contribution in [2.45, 2.75) is 56.9 Å². The van der Waals surface area contributed by atoms with E-state index in [0.717, 1.165) is 18.4 Å². The van der Waals surface area contributed by atoms with Gasteiger partial charge in [0.15, 0.2) is 0 Å². The van der Waals surface area contributed by atoms with Crippen LogP contribution in [0, 0.1) is 5.92 Å². The Bertz CT molecular complexity index is 591. The van der Waals surface area contributed by atoms with Crippen LogP contribution in [0.15, 0.2) is 24.5 Å². The molecule has 3 rings (SSSR count). The van der Waals surface area contributed by atoms with Crippen LogP contribution >= 0.6 is 0 Å². The van der Waals surface area contributed by atoms with Gasteiger partial charge in [0.25, 0.3) is 0 Å². The molecule has 2 fully saturated rings. The fraction of sp³-hybridized carbons (Fsp3) is 0.611. The number of amides is 2. The minimum atomic E-state index is -0.450. The third kappa shape index (κ3) is 5.24. The van der Waals surface area contributed by atoms with Gasteiger partial charge in [0.1, 0.15) is 6.10 Å². The van der Waals surface area contributed by atoms with Crippen molar-refractivity contribution in [3.8, 4) is 0 Å². The van der Waals surface area contributed by atoms with Crippen LogP contribution in [0.1, 0.15) is 37.7 Å². The van der Waals surface area contributed by atoms with Crippen molar-refractivity contribution in [1.29, 1.82) is 0 Å². The Morgan fingerprint density at radius 3 is 2.64 bits per heavy atom. The third-order valence-electron chi connectivity index (χ3n) is 4.72. The molecule has 1 aliphatic heterocycles. The van der Waals surface area contributed by atoms with Crippen molar-refractivity contribution >= 4 is 11.8 Å². The van der Waals surface area contributed by atoms with Gasteiger partial charge in [0.2, 0.25) is 11.8 Å². The number of carbonyl (C=O) groups is 2. The third-order valence-corrected chi connectivity index (χ3v) is 4.72. The Balaban J connectivity index is 1.42. The zero-order chi connectivity index (χ0) is 17.6. The minimum absolute atomic E-state index is 0.0561. The lowest BCUT2D eigenvalue weighted by Gasteiger charge is -2.36. The highest BCUT2D eigenvalue weighted by Crippen LogP contribution is 2.30. The Hall–Kier alpha value is -1.99. The fourth-order valence-corrected chi connectivity index (χ4v) is 3.07. The maximum Gasteiger partial charge on any atom is 0.223 e. The number of pyridine rings is 1. The normalized spacial score (nSPS) is 26.0. The summed E-state index contributed by atoms with van der Waals surface area (Å²) in [6, 6.07) is 3.53. The molecule has 1 aromatic rings. The second-order valence-electron chi connectivity index (χ2n) is 6.78. The summed E-state index contributed by atoms with van der Waals surface area (Å²) in [6.07, 6.45) is 6.25. The van der Waals surface area contributed by atoms with Crippen molar-refractivity contribution in [2.75, 3.05) is 6.61 Å². The molecule has 2 heterocycles. The Morgan fingerprint density at radius 1 is 1.20 bits per heavy atom. The topological polar surface area (TPSA) is 101 Å². The lowest BCUT2D eigenvalue weighted by Crippen LogP contribution is -2.51. The number of aliphatic hydroxyl groups is 1. The first-order valence-electron chi connectivity index (χ1n) is 8.88. The predicted octanol–water partition coefficient (Wildman–Crippen LogP) is 0.523. The van der Waals surface area contributed by atoms with Crippen LogP contribution in [0.3, 0.4) is 0 Å². The van der Waals surface area contributed by atoms with E-state index in [4.69, 9.17) is 4.74 Å². The summed E-state index contributed by atoms with van der Waals surface area (Å²) in [5, 5.41) is 15.4. The number of carbonyl (C=O) groups excluding carboxylic acids is 2. The van der Waals surface area contributed by atoms with Crippen LogP contribution in [0.4, 0.5) is 0 Å². The average Bonchev–Trinajstić information content (AvgIpc) is 3.47. The van der Waals surface area contributed by atoms with Crippen LogP contribution in [0.5, 0.6) is 0 Å². The maximum absolute atomic E-state index is 12.1. The summed E-state index contributed by atoms with van der Waals surface area (Å²) in [6.45, 7) is 0.294. The first kappa shape index (κ1) is 17.8. The Morgan fingerprint density at radius 2 is 1.96 bits per heavy atom. The lowest BCUT2D eigenvalue weighted by atomic mass is 9.96. The molecule has 1 saturated heterocycles. The summed E-state index contributed by atoms with van der Waals surface area (Å²) < 4.78 is 5.84. The zero-order valence-corrected chi connectivity index (χ0v) is 14.2. The molecule has 0 aromatic carbocycles. The van der Waals surface area contributed by atoms with Gasteiger partial charge in [-0.15, -0.1) is 0 Å². The minimum Gasteiger partial charge on any atom is -0.394 e. The van der Waals surface area contributed by atoms with Gasteiger partial charge < -0.3 is 20.5 Å². The number of ether oxygens (including phenoxy) is 1. The van der Waals surface area contributed by atoms with E-state index in [1.807, 2.05) is 12.1 Å². The van der Waals surface area contributed by atoms with Gasteiger partial charge in [-0.2, -0.15) is 0 Å². The number of aromatic nitrogens is 1. The number of hydrogen-bond acceptors (Lipinski definition) is 5. The van der Waals surface area contributed by atoms with E-state index < -0.39 is 6.10 Å². The van der Waals surface area contributed by atoms with Crippen LogP contribution in [-0.2, 0) is 20.9 Å². The maximum atomic E-state index is 12.1. The van der Waals surface area contributed by atoms with Crippen molar-refractivity contribution in [2.24, 2.45) is 5.92 Å². The predicted molar refractivity (Wildman–Crippen MR) is 90.3 cm³/mol. The summed E-state index contributed by atoms with van der Waals surface area (Å²) in [4.78, 5) is 27.9. The molecule has 136 valence electrons. The highest BCUT2D eigenvalue weighted by Gasteiger charge is 2.36. The smallest absolute Gasteiger partial charge is 0.223 e. The molecule has 0 spiro atoms. The molecular formula is C18H25N3O4. The SMILES string of the molecule is O=C(C[C@H]1CC[C@H](NC(=O)C2CC2)[C@@H](CO)O1)NCc1ccncc1. The van der Waals surface area contributed by atoms with Gasteiger partial charge in [-0.3, -0.25) is 14.6 Å². The summed E-state index contributed by atoms with van der Waals surface area (Å²) >= 11 is 0. The fourth-order valence-electron chi connectivity index (χ4n) is 3.07. The molecule has 0 bridgehead atoms. The monoisotopic (exact) mass is 347 g/mol. The highest BCUT2D eigenvalue weighted by atomic mass is 16.5. The summed E-state index contributed by atoms with van der Waals surface area (Å²) in [5.74, 6) is 0.107. The van der Waals surface area contributed by atoms with Gasteiger partial charge in [0, 0.05) is 24.9 Å². The van der Waals surface area contributed by atoms with Crippen molar-refractivity contribution in [1.82, 2.24) is 15.6 Å². The molecule has 2 amide bonds. The van der Waals surface area contributed by atoms with Gasteiger partial charge in [-0.1, -0.05) is 0 Å². The van der Waals surface area contributed by atoms with E-state index in [1.165, 1.54) is 0 Å². The van der Waals surface area contributed by atoms with Gasteiger partial charge >= 0.3 is 0 Å². The molecule has 1 aliphatic carbocycles. The molecule has 0 radical (unpaired) electrons. The van der Waals surface area contributed by atoms with Crippen LogP contribution in [0.2, 0.25) is 0 Å². The number of nitrogens with one attached hydrogen (secondary N) is 2. The van der Waals surface area contributed by atoms with Crippen molar-refractivity contribution in [3.63, 3.8) is 0 Å². The largest absolute Gasteiger partial charge is 0.394 e. The average molecular weight is 347 g/mol. The lowest BCUT2D eigenvalue weighted by molar-refractivity contribution is -0.136. The van der Waals surface area contributed by atoms with E-state index in [0.29, 0.717) is 19.4 Å². The standard InChI is InChI=1S/C18H25N3O4/c22-11-16-15(21-18(24)13-1-2-13)4-3-14(25-16)9-17(23)20-10-12-5-7-19-8-6-12/h5-8,13-16,22H,1-4,9-11H2,(H,20,23)(H,21,24)/t14-,15+,16-/m1/s1. The number of rotatable bonds is 7. The molecule has 0 unspecified atom stereocenters. The van der Waals surface area contributed by atoms with Crippen molar-refractivity contribution < 1.29 is 19.4 Å². The quantitative estimate of drug-likeness (QED) is 0.668. The van der Waals surface area contributed by atoms with Gasteiger partial charge in [0.05, 0.1) is 25.2 Å². The van der Waals surface area contributed by atoms with Gasteiger partial charge in [-0.25, -0.2) is 0 Å². The summed E-state index contributed by atoms with van der Waals surface area (Å²) in [7, 11) is 0. The zero-order valence-electron chi connectivity index (χ0n) is 14.2. The molecule has 1 aromatic heterocycles. The number of hydrogen-bond donors (Lipinski definition) is 3. The summed E-state index contributed by atoms with van der Waals surface area (Å²) in [5.41, 5.74) is 0.990. The van der Waals surface area contributed by atoms with Crippen molar-refractivity contribution in [3.05, 3.63) is 30.1 Å². The second kappa shape index (κ2) is 8.40. The molecule has 1 saturated carbocycles. The highest BCUT2D eigenvalue weighted by molar-refractivity contribution is 5.81. The van der Waals surface area contributed by atoms with Gasteiger partial charge in [-0.05, 0) is 43.4 Å². The van der Waals surface area contributed by atoms with Crippen LogP contribution in [-0.4, -0.2) is 46.8 Å². The molecule has 2 aliphatic rings. The molecule has 7 nitrogen and oxygen atoms in total. The first-order chi connectivity index (χ1) is 12.2. The van der Waals surface area contributed by atoms with E-state index in [9.17, 15) is 14.7 Å². The van der Waals surface area contributed by atoms with Crippen LogP contribution in [0.25, 0.3) is 0 Å². The number of aliphatic hydroxyl groups excluding tert-OH is 1. The molecule has 25 heavy (non-hydrogen) atoms. The molecular weight excluding hydrogens is 322 g/mol. The molecule has 3 N–H and O–H groups in total. The first-order valence-corrected chi connectivity index (χ1v) is 8.88. The molecule has 3 atom stereocenters.